The van der Waals surface area contributed by atoms with Gasteiger partial charge < -0.3 is 9.84 Å². The molecule has 0 unspecified atom stereocenters. The van der Waals surface area contributed by atoms with Gasteiger partial charge in [-0.25, -0.2) is 22.5 Å². The fourth-order valence-corrected chi connectivity index (χ4v) is 5.86. The van der Waals surface area contributed by atoms with Gasteiger partial charge in [0.05, 0.1) is 30.5 Å². The maximum atomic E-state index is 15.1. The van der Waals surface area contributed by atoms with Gasteiger partial charge in [-0.3, -0.25) is 13.9 Å². The van der Waals surface area contributed by atoms with Crippen LogP contribution in [-0.2, 0) is 21.2 Å². The number of para-hydroxylation sites is 1. The molecule has 1 aliphatic heterocycles. The molecule has 0 saturated heterocycles. The second-order valence-electron chi connectivity index (χ2n) is 7.24. The van der Waals surface area contributed by atoms with Gasteiger partial charge in [0.25, 0.3) is 15.9 Å². The van der Waals surface area contributed by atoms with E-state index in [0.29, 0.717) is 10.6 Å². The highest BCUT2D eigenvalue weighted by Crippen LogP contribution is 2.38. The van der Waals surface area contributed by atoms with E-state index in [-0.39, 0.29) is 28.2 Å². The van der Waals surface area contributed by atoms with Gasteiger partial charge in [0, 0.05) is 13.1 Å². The van der Waals surface area contributed by atoms with E-state index in [4.69, 9.17) is 4.74 Å². The van der Waals surface area contributed by atoms with Crippen LogP contribution in [0.4, 0.5) is 15.8 Å². The maximum Gasteiger partial charge on any atom is 0.346 e. The molecule has 0 fully saturated rings. The second kappa shape index (κ2) is 8.54. The third-order valence-electron chi connectivity index (χ3n) is 5.30. The lowest BCUT2D eigenvalue weighted by molar-refractivity contribution is -0.117. The molecule has 0 spiro atoms. The molecule has 1 aromatic heterocycles. The number of aromatic carboxylic acids is 1. The summed E-state index contributed by atoms with van der Waals surface area (Å²) in [5.74, 6) is -4.65. The van der Waals surface area contributed by atoms with Crippen LogP contribution in [0.2, 0.25) is 0 Å². The molecule has 1 aliphatic rings. The zero-order chi connectivity index (χ0) is 24.8. The summed E-state index contributed by atoms with van der Waals surface area (Å²) in [6.07, 6.45) is -0.345. The Kier molecular flexibility index (Phi) is 5.87. The predicted octanol–water partition coefficient (Wildman–Crippen LogP) is 3.15. The third kappa shape index (κ3) is 3.70. The van der Waals surface area contributed by atoms with E-state index in [0.717, 1.165) is 34.9 Å². The molecule has 1 N–H and O–H groups in total. The quantitative estimate of drug-likeness (QED) is 0.512. The average molecular weight is 505 g/mol. The molecule has 0 saturated carbocycles. The minimum Gasteiger partial charge on any atom is -0.495 e. The van der Waals surface area contributed by atoms with Gasteiger partial charge in [-0.2, -0.15) is 0 Å². The second-order valence-corrected chi connectivity index (χ2v) is 10.1. The zero-order valence-electron chi connectivity index (χ0n) is 17.8. The van der Waals surface area contributed by atoms with E-state index in [1.54, 1.807) is 30.3 Å². The summed E-state index contributed by atoms with van der Waals surface area (Å²) in [5, 5.41) is 10.8. The number of carboxylic acid groups (broad SMARTS) is 1. The van der Waals surface area contributed by atoms with Crippen molar-refractivity contribution in [1.29, 1.82) is 0 Å². The van der Waals surface area contributed by atoms with Crippen LogP contribution in [0.1, 0.15) is 25.6 Å². The zero-order valence-corrected chi connectivity index (χ0v) is 19.4. The molecule has 2 amide bonds. The van der Waals surface area contributed by atoms with Crippen molar-refractivity contribution in [2.24, 2.45) is 0 Å². The topological polar surface area (TPSA) is 121 Å². The van der Waals surface area contributed by atoms with Gasteiger partial charge in [-0.1, -0.05) is 18.2 Å². The normalized spacial score (nSPS) is 13.6. The van der Waals surface area contributed by atoms with Gasteiger partial charge >= 0.3 is 5.97 Å². The standard InChI is InChI=1S/C22H17FN2O7S2/c1-24(13-6-4-3-5-7-13)34(30,31)17-10-15(14(23)9-16(17)32-2)25-18(26)8-12-11-33-20(22(28)29)19(12)21(25)27/h3-7,9-11H,8H2,1-2H3,(H,28,29). The Labute approximate surface area is 197 Å². The fraction of sp³-hybridized carbons (Fsp3) is 0.136. The fourth-order valence-electron chi connectivity index (χ4n) is 3.61. The number of rotatable bonds is 6. The Bertz CT molecular complexity index is 1430. The summed E-state index contributed by atoms with van der Waals surface area (Å²) < 4.78 is 47.9. The summed E-state index contributed by atoms with van der Waals surface area (Å²) in [7, 11) is -1.87. The summed E-state index contributed by atoms with van der Waals surface area (Å²) in [6.45, 7) is 0. The number of halogens is 1. The number of methoxy groups -OCH3 is 1. The Balaban J connectivity index is 1.87. The van der Waals surface area contributed by atoms with Crippen molar-refractivity contribution >= 4 is 50.5 Å². The largest absolute Gasteiger partial charge is 0.495 e. The molecular formula is C22H17FN2O7S2. The SMILES string of the molecule is COc1cc(F)c(N2C(=O)Cc3csc(C(=O)O)c3C2=O)cc1S(=O)(=O)N(C)c1ccccc1. The minimum absolute atomic E-state index is 0.222. The van der Waals surface area contributed by atoms with Crippen molar-refractivity contribution in [3.8, 4) is 5.75 Å². The first-order chi connectivity index (χ1) is 16.1. The van der Waals surface area contributed by atoms with Gasteiger partial charge in [0.2, 0.25) is 5.91 Å². The molecule has 176 valence electrons. The van der Waals surface area contributed by atoms with E-state index < -0.39 is 44.2 Å². The highest BCUT2D eigenvalue weighted by molar-refractivity contribution is 7.93. The summed E-state index contributed by atoms with van der Waals surface area (Å²) in [6, 6.07) is 9.70. The van der Waals surface area contributed by atoms with Crippen LogP contribution >= 0.6 is 11.3 Å². The predicted molar refractivity (Wildman–Crippen MR) is 122 cm³/mol. The van der Waals surface area contributed by atoms with Crippen molar-refractivity contribution in [2.75, 3.05) is 23.4 Å². The molecule has 34 heavy (non-hydrogen) atoms. The molecule has 9 nitrogen and oxygen atoms in total. The molecule has 0 aliphatic carbocycles. The number of amides is 2. The summed E-state index contributed by atoms with van der Waals surface area (Å²) >= 11 is 0.780. The van der Waals surface area contributed by atoms with Crippen molar-refractivity contribution < 1.29 is 37.0 Å². The Morgan fingerprint density at radius 3 is 2.50 bits per heavy atom. The number of hydrogen-bond donors (Lipinski definition) is 1. The summed E-state index contributed by atoms with van der Waals surface area (Å²) in [4.78, 5) is 37.1. The average Bonchev–Trinajstić information content (AvgIpc) is 3.24. The van der Waals surface area contributed by atoms with Crippen molar-refractivity contribution in [3.63, 3.8) is 0 Å². The number of imide groups is 1. The number of carboxylic acids is 1. The van der Waals surface area contributed by atoms with Crippen molar-refractivity contribution in [2.45, 2.75) is 11.3 Å². The molecule has 3 aromatic rings. The highest BCUT2D eigenvalue weighted by atomic mass is 32.2. The van der Waals surface area contributed by atoms with Crippen LogP contribution in [0.15, 0.2) is 52.7 Å². The molecule has 12 heteroatoms. The molecular weight excluding hydrogens is 487 g/mol. The van der Waals surface area contributed by atoms with Gasteiger partial charge in [0.15, 0.2) is 5.82 Å². The number of carbonyl (C=O) groups excluding carboxylic acids is 2. The van der Waals surface area contributed by atoms with Crippen LogP contribution in [0.3, 0.4) is 0 Å². The van der Waals surface area contributed by atoms with E-state index in [1.165, 1.54) is 12.4 Å². The molecule has 0 radical (unpaired) electrons. The van der Waals surface area contributed by atoms with Gasteiger partial charge in [-0.05, 0) is 29.1 Å². The van der Waals surface area contributed by atoms with Gasteiger partial charge in [0.1, 0.15) is 15.5 Å². The van der Waals surface area contributed by atoms with Crippen LogP contribution in [-0.4, -0.2) is 45.5 Å². The number of anilines is 2. The number of fused-ring (bicyclic) bond motifs is 1. The Morgan fingerprint density at radius 2 is 1.88 bits per heavy atom. The molecule has 0 bridgehead atoms. The van der Waals surface area contributed by atoms with Crippen molar-refractivity contribution in [3.05, 3.63) is 69.7 Å². The van der Waals surface area contributed by atoms with Gasteiger partial charge in [-0.15, -0.1) is 11.3 Å². The number of carbonyl (C=O) groups is 3. The first kappa shape index (κ1) is 23.4. The number of hydrogen-bond acceptors (Lipinski definition) is 7. The smallest absolute Gasteiger partial charge is 0.346 e. The number of sulfonamides is 1. The Hall–Kier alpha value is -3.77. The number of thiophene rings is 1. The lowest BCUT2D eigenvalue weighted by Gasteiger charge is -2.27. The molecule has 2 aromatic carbocycles. The van der Waals surface area contributed by atoms with Crippen LogP contribution in [0.25, 0.3) is 0 Å². The number of benzene rings is 2. The lowest BCUT2D eigenvalue weighted by atomic mass is 10.0. The third-order valence-corrected chi connectivity index (χ3v) is 8.13. The van der Waals surface area contributed by atoms with Crippen LogP contribution < -0.4 is 13.9 Å². The van der Waals surface area contributed by atoms with Crippen LogP contribution in [0, 0.1) is 5.82 Å². The first-order valence-corrected chi connectivity index (χ1v) is 12.0. The van der Waals surface area contributed by atoms with Crippen molar-refractivity contribution in [1.82, 2.24) is 0 Å². The maximum absolute atomic E-state index is 15.1. The first-order valence-electron chi connectivity index (χ1n) is 9.70. The molecule has 2 heterocycles. The molecule has 4 rings (SSSR count). The lowest BCUT2D eigenvalue weighted by Crippen LogP contribution is -2.43. The minimum atomic E-state index is -4.32. The molecule has 0 atom stereocenters. The monoisotopic (exact) mass is 504 g/mol. The highest BCUT2D eigenvalue weighted by Gasteiger charge is 2.39. The van der Waals surface area contributed by atoms with E-state index in [2.05, 4.69) is 0 Å². The summed E-state index contributed by atoms with van der Waals surface area (Å²) in [5.41, 5.74) is -0.309. The number of ether oxygens (including phenoxy) is 1. The van der Waals surface area contributed by atoms with E-state index in [1.807, 2.05) is 0 Å². The van der Waals surface area contributed by atoms with Crippen LogP contribution in [0.5, 0.6) is 5.75 Å². The van der Waals surface area contributed by atoms with E-state index in [9.17, 15) is 27.9 Å². The van der Waals surface area contributed by atoms with E-state index >= 15 is 4.39 Å². The Morgan fingerprint density at radius 1 is 1.21 bits per heavy atom. The number of nitrogens with zero attached hydrogens (tertiary/aromatic N) is 2.